The molecule has 1 fully saturated rings. The van der Waals surface area contributed by atoms with Crippen molar-refractivity contribution >= 4 is 11.7 Å². The molecule has 2 aromatic rings. The van der Waals surface area contributed by atoms with E-state index in [0.717, 1.165) is 17.5 Å². The molecule has 1 atom stereocenters. The number of carbonyl (C=O) groups excluding carboxylic acids is 2. The van der Waals surface area contributed by atoms with Crippen molar-refractivity contribution in [2.45, 2.75) is 19.4 Å². The lowest BCUT2D eigenvalue weighted by atomic mass is 9.99. The fraction of sp³-hybridized carbons (Fsp3) is 0.300. The second-order valence-corrected chi connectivity index (χ2v) is 6.08. The first kappa shape index (κ1) is 17.2. The number of ether oxygens (including phenoxy) is 2. The average Bonchev–Trinajstić information content (AvgIpc) is 3.14. The fourth-order valence-corrected chi connectivity index (χ4v) is 2.89. The van der Waals surface area contributed by atoms with E-state index in [1.54, 1.807) is 25.3 Å². The van der Waals surface area contributed by atoms with Gasteiger partial charge in [-0.3, -0.25) is 9.59 Å². The van der Waals surface area contributed by atoms with Crippen LogP contribution >= 0.6 is 0 Å². The molecule has 1 amide bonds. The molecule has 0 saturated carbocycles. The van der Waals surface area contributed by atoms with Crippen molar-refractivity contribution in [3.05, 3.63) is 53.6 Å². The Kier molecular flexibility index (Phi) is 5.14. The zero-order valence-electron chi connectivity index (χ0n) is 14.4. The highest BCUT2D eigenvalue weighted by Gasteiger charge is 2.18. The topological polar surface area (TPSA) is 64.6 Å². The van der Waals surface area contributed by atoms with Crippen molar-refractivity contribution in [2.24, 2.45) is 0 Å². The SMILES string of the molecule is COc1ccc(-c2ccc(C(=O)N[C@@H]3CCOC3)cc2)cc1C(C)=O. The third-order valence-electron chi connectivity index (χ3n) is 4.32. The van der Waals surface area contributed by atoms with Crippen LogP contribution in [0.2, 0.25) is 0 Å². The number of benzene rings is 2. The second kappa shape index (κ2) is 7.49. The lowest BCUT2D eigenvalue weighted by Crippen LogP contribution is -2.34. The first-order valence-corrected chi connectivity index (χ1v) is 8.26. The number of hydrogen-bond donors (Lipinski definition) is 1. The van der Waals surface area contributed by atoms with E-state index in [-0.39, 0.29) is 17.7 Å². The Morgan fingerprint density at radius 1 is 1.12 bits per heavy atom. The number of ketones is 1. The van der Waals surface area contributed by atoms with Crippen LogP contribution in [0.25, 0.3) is 11.1 Å². The molecule has 1 aliphatic rings. The van der Waals surface area contributed by atoms with E-state index in [1.165, 1.54) is 6.92 Å². The maximum absolute atomic E-state index is 12.2. The molecule has 5 heteroatoms. The van der Waals surface area contributed by atoms with Crippen molar-refractivity contribution in [1.29, 1.82) is 0 Å². The van der Waals surface area contributed by atoms with Crippen molar-refractivity contribution in [2.75, 3.05) is 20.3 Å². The number of Topliss-reactive ketones (excluding diaryl/α,β-unsaturated/α-hetero) is 1. The molecule has 2 aromatic carbocycles. The third-order valence-corrected chi connectivity index (χ3v) is 4.32. The summed E-state index contributed by atoms with van der Waals surface area (Å²) in [4.78, 5) is 24.0. The number of methoxy groups -OCH3 is 1. The molecule has 1 aliphatic heterocycles. The normalized spacial score (nSPS) is 16.5. The number of nitrogens with one attached hydrogen (secondary N) is 1. The molecule has 130 valence electrons. The number of hydrogen-bond acceptors (Lipinski definition) is 4. The Labute approximate surface area is 147 Å². The lowest BCUT2D eigenvalue weighted by molar-refractivity contribution is 0.0929. The summed E-state index contributed by atoms with van der Waals surface area (Å²) in [5, 5.41) is 2.97. The van der Waals surface area contributed by atoms with Gasteiger partial charge in [-0.25, -0.2) is 0 Å². The minimum atomic E-state index is -0.0961. The van der Waals surface area contributed by atoms with Gasteiger partial charge in [-0.15, -0.1) is 0 Å². The van der Waals surface area contributed by atoms with E-state index >= 15 is 0 Å². The molecule has 25 heavy (non-hydrogen) atoms. The van der Waals surface area contributed by atoms with E-state index < -0.39 is 0 Å². The summed E-state index contributed by atoms with van der Waals surface area (Å²) >= 11 is 0. The zero-order chi connectivity index (χ0) is 17.8. The van der Waals surface area contributed by atoms with Gasteiger partial charge in [0, 0.05) is 12.2 Å². The Morgan fingerprint density at radius 3 is 2.44 bits per heavy atom. The molecular weight excluding hydrogens is 318 g/mol. The van der Waals surface area contributed by atoms with Gasteiger partial charge in [0.05, 0.1) is 25.3 Å². The minimum absolute atomic E-state index is 0.0477. The van der Waals surface area contributed by atoms with E-state index in [9.17, 15) is 9.59 Å². The van der Waals surface area contributed by atoms with Crippen LogP contribution in [-0.2, 0) is 4.74 Å². The first-order chi connectivity index (χ1) is 12.1. The van der Waals surface area contributed by atoms with Gasteiger partial charge in [-0.2, -0.15) is 0 Å². The van der Waals surface area contributed by atoms with Gasteiger partial charge < -0.3 is 14.8 Å². The number of carbonyl (C=O) groups is 2. The Bertz CT molecular complexity index is 777. The zero-order valence-corrected chi connectivity index (χ0v) is 14.4. The van der Waals surface area contributed by atoms with Crippen molar-refractivity contribution in [3.8, 4) is 16.9 Å². The quantitative estimate of drug-likeness (QED) is 0.850. The van der Waals surface area contributed by atoms with Crippen molar-refractivity contribution in [1.82, 2.24) is 5.32 Å². The van der Waals surface area contributed by atoms with Crippen LogP contribution in [0.5, 0.6) is 5.75 Å². The summed E-state index contributed by atoms with van der Waals surface area (Å²) in [5.74, 6) is 0.417. The summed E-state index contributed by atoms with van der Waals surface area (Å²) in [6, 6.07) is 12.9. The Morgan fingerprint density at radius 2 is 1.84 bits per heavy atom. The van der Waals surface area contributed by atoms with Crippen LogP contribution in [-0.4, -0.2) is 38.1 Å². The Balaban J connectivity index is 1.79. The summed E-state index contributed by atoms with van der Waals surface area (Å²) < 4.78 is 10.5. The monoisotopic (exact) mass is 339 g/mol. The van der Waals surface area contributed by atoms with Crippen LogP contribution in [0.3, 0.4) is 0 Å². The highest BCUT2D eigenvalue weighted by molar-refractivity contribution is 5.98. The molecule has 0 aromatic heterocycles. The number of amides is 1. The standard InChI is InChI=1S/C20H21NO4/c1-13(22)18-11-16(7-8-19(18)24-2)14-3-5-15(6-4-14)20(23)21-17-9-10-25-12-17/h3-8,11,17H,9-10,12H2,1-2H3,(H,21,23)/t17-/m1/s1. The van der Waals surface area contributed by atoms with Crippen LogP contribution in [0.4, 0.5) is 0 Å². The molecule has 1 heterocycles. The van der Waals surface area contributed by atoms with Gasteiger partial charge in [-0.05, 0) is 48.7 Å². The van der Waals surface area contributed by atoms with Crippen molar-refractivity contribution in [3.63, 3.8) is 0 Å². The molecule has 0 bridgehead atoms. The lowest BCUT2D eigenvalue weighted by Gasteiger charge is -2.11. The molecule has 0 unspecified atom stereocenters. The van der Waals surface area contributed by atoms with E-state index in [1.807, 2.05) is 24.3 Å². The van der Waals surface area contributed by atoms with Crippen LogP contribution < -0.4 is 10.1 Å². The highest BCUT2D eigenvalue weighted by atomic mass is 16.5. The average molecular weight is 339 g/mol. The second-order valence-electron chi connectivity index (χ2n) is 6.08. The summed E-state index contributed by atoms with van der Waals surface area (Å²) in [7, 11) is 1.55. The minimum Gasteiger partial charge on any atom is -0.496 e. The smallest absolute Gasteiger partial charge is 0.251 e. The third kappa shape index (κ3) is 3.88. The molecule has 3 rings (SSSR count). The molecule has 0 aliphatic carbocycles. The highest BCUT2D eigenvalue weighted by Crippen LogP contribution is 2.27. The molecule has 1 saturated heterocycles. The molecule has 5 nitrogen and oxygen atoms in total. The van der Waals surface area contributed by atoms with Crippen LogP contribution in [0.15, 0.2) is 42.5 Å². The van der Waals surface area contributed by atoms with Gasteiger partial charge in [-0.1, -0.05) is 18.2 Å². The number of rotatable bonds is 5. The van der Waals surface area contributed by atoms with Crippen LogP contribution in [0.1, 0.15) is 34.1 Å². The summed E-state index contributed by atoms with van der Waals surface area (Å²) in [5.41, 5.74) is 2.99. The molecule has 1 N–H and O–H groups in total. The predicted molar refractivity (Wildman–Crippen MR) is 95.1 cm³/mol. The van der Waals surface area contributed by atoms with Crippen LogP contribution in [0, 0.1) is 0 Å². The first-order valence-electron chi connectivity index (χ1n) is 8.26. The molecule has 0 spiro atoms. The summed E-state index contributed by atoms with van der Waals surface area (Å²) in [6.45, 7) is 2.78. The predicted octanol–water partition coefficient (Wildman–Crippen LogP) is 3.08. The largest absolute Gasteiger partial charge is 0.496 e. The maximum atomic E-state index is 12.2. The van der Waals surface area contributed by atoms with E-state index in [0.29, 0.717) is 30.1 Å². The Hall–Kier alpha value is -2.66. The maximum Gasteiger partial charge on any atom is 0.251 e. The van der Waals surface area contributed by atoms with Gasteiger partial charge in [0.25, 0.3) is 5.91 Å². The van der Waals surface area contributed by atoms with Gasteiger partial charge >= 0.3 is 0 Å². The van der Waals surface area contributed by atoms with Crippen molar-refractivity contribution < 1.29 is 19.1 Å². The molecular formula is C20H21NO4. The molecule has 0 radical (unpaired) electrons. The van der Waals surface area contributed by atoms with E-state index in [2.05, 4.69) is 5.32 Å². The van der Waals surface area contributed by atoms with Gasteiger partial charge in [0.2, 0.25) is 0 Å². The fourth-order valence-electron chi connectivity index (χ4n) is 2.89. The van der Waals surface area contributed by atoms with E-state index in [4.69, 9.17) is 9.47 Å². The van der Waals surface area contributed by atoms with Gasteiger partial charge in [0.15, 0.2) is 5.78 Å². The summed E-state index contributed by atoms with van der Waals surface area (Å²) in [6.07, 6.45) is 0.851. The van der Waals surface area contributed by atoms with Gasteiger partial charge in [0.1, 0.15) is 5.75 Å².